The van der Waals surface area contributed by atoms with E-state index in [1.165, 1.54) is 0 Å². The van der Waals surface area contributed by atoms with Crippen LogP contribution < -0.4 is 0 Å². The molecule has 3 nitrogen and oxygen atoms in total. The van der Waals surface area contributed by atoms with Crippen LogP contribution >= 0.6 is 0 Å². The molecule has 4 fully saturated rings. The van der Waals surface area contributed by atoms with Gasteiger partial charge in [-0.3, -0.25) is 0 Å². The van der Waals surface area contributed by atoms with E-state index in [1.54, 1.807) is 0 Å². The van der Waals surface area contributed by atoms with Gasteiger partial charge >= 0.3 is 12.1 Å². The lowest BCUT2D eigenvalue weighted by Gasteiger charge is -2.57. The first-order valence-electron chi connectivity index (χ1n) is 6.87. The molecule has 0 aromatic carbocycles. The standard InChI is InChI=1S/C14H17F3O3/c1-7(14(15,16)17)12(18)20-11-9-2-8-3-10(11)6-13(19,4-8)5-9/h8-11,19H,1-6H2. The van der Waals surface area contributed by atoms with Crippen LogP contribution in [0.5, 0.6) is 0 Å². The van der Waals surface area contributed by atoms with E-state index in [4.69, 9.17) is 4.74 Å². The summed E-state index contributed by atoms with van der Waals surface area (Å²) in [4.78, 5) is 11.6. The molecule has 2 atom stereocenters. The van der Waals surface area contributed by atoms with Crippen molar-refractivity contribution in [3.63, 3.8) is 0 Å². The fraction of sp³-hybridized carbons (Fsp3) is 0.786. The van der Waals surface area contributed by atoms with E-state index in [1.807, 2.05) is 0 Å². The van der Waals surface area contributed by atoms with Crippen molar-refractivity contribution in [2.24, 2.45) is 17.8 Å². The molecule has 4 bridgehead atoms. The van der Waals surface area contributed by atoms with Crippen LogP contribution in [0.3, 0.4) is 0 Å². The molecule has 0 amide bonds. The van der Waals surface area contributed by atoms with Crippen molar-refractivity contribution in [1.82, 2.24) is 0 Å². The minimum atomic E-state index is -4.75. The van der Waals surface area contributed by atoms with Crippen molar-refractivity contribution in [3.8, 4) is 0 Å². The van der Waals surface area contributed by atoms with Gasteiger partial charge in [-0.05, 0) is 49.9 Å². The van der Waals surface area contributed by atoms with E-state index < -0.39 is 29.4 Å². The maximum Gasteiger partial charge on any atom is 0.422 e. The van der Waals surface area contributed by atoms with Gasteiger partial charge in [-0.1, -0.05) is 6.58 Å². The second kappa shape index (κ2) is 4.23. The van der Waals surface area contributed by atoms with Gasteiger partial charge in [-0.15, -0.1) is 0 Å². The smallest absolute Gasteiger partial charge is 0.422 e. The van der Waals surface area contributed by atoms with E-state index in [9.17, 15) is 23.1 Å². The number of carbonyl (C=O) groups is 1. The Bertz CT molecular complexity index is 441. The quantitative estimate of drug-likeness (QED) is 0.628. The second-order valence-electron chi connectivity index (χ2n) is 6.54. The highest BCUT2D eigenvalue weighted by atomic mass is 19.4. The third-order valence-corrected chi connectivity index (χ3v) is 4.99. The third kappa shape index (κ3) is 2.24. The number of halogens is 3. The van der Waals surface area contributed by atoms with Crippen LogP contribution in [0.25, 0.3) is 0 Å². The number of ether oxygens (including phenoxy) is 1. The molecule has 4 saturated carbocycles. The van der Waals surface area contributed by atoms with Gasteiger partial charge in [-0.25, -0.2) is 4.79 Å². The van der Waals surface area contributed by atoms with Crippen molar-refractivity contribution < 1.29 is 27.8 Å². The van der Waals surface area contributed by atoms with Crippen LogP contribution in [0, 0.1) is 17.8 Å². The summed E-state index contributed by atoms with van der Waals surface area (Å²) < 4.78 is 42.4. The minimum Gasteiger partial charge on any atom is -0.458 e. The Morgan fingerprint density at radius 2 is 1.75 bits per heavy atom. The zero-order valence-corrected chi connectivity index (χ0v) is 10.9. The molecule has 4 aliphatic carbocycles. The summed E-state index contributed by atoms with van der Waals surface area (Å²) >= 11 is 0. The van der Waals surface area contributed by atoms with Crippen molar-refractivity contribution in [2.75, 3.05) is 0 Å². The third-order valence-electron chi connectivity index (χ3n) is 4.99. The molecular weight excluding hydrogens is 273 g/mol. The maximum absolute atomic E-state index is 12.4. The van der Waals surface area contributed by atoms with E-state index in [2.05, 4.69) is 6.58 Å². The molecule has 4 aliphatic rings. The van der Waals surface area contributed by atoms with Gasteiger partial charge < -0.3 is 9.84 Å². The fourth-order valence-corrected chi connectivity index (χ4v) is 4.44. The van der Waals surface area contributed by atoms with Crippen molar-refractivity contribution in [2.45, 2.75) is 50.0 Å². The predicted octanol–water partition coefficient (Wildman–Crippen LogP) is 2.59. The topological polar surface area (TPSA) is 46.5 Å². The molecule has 0 aromatic heterocycles. The van der Waals surface area contributed by atoms with Crippen LogP contribution in [0.15, 0.2) is 12.2 Å². The molecule has 6 heteroatoms. The Kier molecular flexibility index (Phi) is 2.94. The summed E-state index contributed by atoms with van der Waals surface area (Å²) in [5, 5.41) is 10.4. The number of carbonyl (C=O) groups excluding carboxylic acids is 1. The van der Waals surface area contributed by atoms with E-state index in [0.29, 0.717) is 18.8 Å². The van der Waals surface area contributed by atoms with Crippen LogP contribution in [0.4, 0.5) is 13.2 Å². The zero-order chi connectivity index (χ0) is 14.7. The molecule has 20 heavy (non-hydrogen) atoms. The number of rotatable bonds is 2. The average molecular weight is 290 g/mol. The average Bonchev–Trinajstić information content (AvgIpc) is 2.29. The van der Waals surface area contributed by atoms with Crippen LogP contribution in [-0.4, -0.2) is 29.0 Å². The SMILES string of the molecule is C=C(C(=O)OC1C2CC3CC1CC(O)(C3)C2)C(F)(F)F. The molecule has 112 valence electrons. The summed E-state index contributed by atoms with van der Waals surface area (Å²) in [5.74, 6) is -0.993. The first kappa shape index (κ1) is 13.9. The number of aliphatic hydroxyl groups is 1. The predicted molar refractivity (Wildman–Crippen MR) is 63.6 cm³/mol. The molecule has 2 unspecified atom stereocenters. The Labute approximate surface area is 114 Å². The minimum absolute atomic E-state index is 0.0174. The molecule has 0 saturated heterocycles. The van der Waals surface area contributed by atoms with Gasteiger partial charge in [-0.2, -0.15) is 13.2 Å². The lowest BCUT2D eigenvalue weighted by Crippen LogP contribution is -2.58. The Balaban J connectivity index is 1.71. The summed E-state index contributed by atoms with van der Waals surface area (Å²) in [6.45, 7) is 2.77. The van der Waals surface area contributed by atoms with E-state index >= 15 is 0 Å². The maximum atomic E-state index is 12.4. The first-order chi connectivity index (χ1) is 9.18. The summed E-state index contributed by atoms with van der Waals surface area (Å²) in [6, 6.07) is 0. The number of hydrogen-bond donors (Lipinski definition) is 1. The van der Waals surface area contributed by atoms with E-state index in [-0.39, 0.29) is 11.8 Å². The van der Waals surface area contributed by atoms with Crippen molar-refractivity contribution >= 4 is 5.97 Å². The Morgan fingerprint density at radius 3 is 2.20 bits per heavy atom. The lowest BCUT2D eigenvalue weighted by atomic mass is 9.53. The van der Waals surface area contributed by atoms with Gasteiger partial charge in [0.1, 0.15) is 11.7 Å². The highest BCUT2D eigenvalue weighted by Crippen LogP contribution is 2.56. The molecular formula is C14H17F3O3. The van der Waals surface area contributed by atoms with Crippen molar-refractivity contribution in [1.29, 1.82) is 0 Å². The van der Waals surface area contributed by atoms with Gasteiger partial charge in [0.25, 0.3) is 0 Å². The molecule has 0 aliphatic heterocycles. The van der Waals surface area contributed by atoms with Crippen molar-refractivity contribution in [3.05, 3.63) is 12.2 Å². The van der Waals surface area contributed by atoms with Crippen LogP contribution in [-0.2, 0) is 9.53 Å². The highest BCUT2D eigenvalue weighted by Gasteiger charge is 2.56. The molecule has 4 rings (SSSR count). The normalized spacial score (nSPS) is 42.6. The molecule has 0 heterocycles. The number of alkyl halides is 3. The van der Waals surface area contributed by atoms with E-state index in [0.717, 1.165) is 19.3 Å². The van der Waals surface area contributed by atoms with Crippen LogP contribution in [0.1, 0.15) is 32.1 Å². The largest absolute Gasteiger partial charge is 0.458 e. The fourth-order valence-electron chi connectivity index (χ4n) is 4.44. The first-order valence-corrected chi connectivity index (χ1v) is 6.87. The summed E-state index contributed by atoms with van der Waals surface area (Å²) in [7, 11) is 0. The van der Waals surface area contributed by atoms with Gasteiger partial charge in [0.15, 0.2) is 0 Å². The molecule has 0 spiro atoms. The number of esters is 1. The van der Waals surface area contributed by atoms with Gasteiger partial charge in [0, 0.05) is 0 Å². The summed E-state index contributed by atoms with van der Waals surface area (Å²) in [6.07, 6.45) is -1.77. The van der Waals surface area contributed by atoms with Gasteiger partial charge in [0.05, 0.1) is 5.60 Å². The summed E-state index contributed by atoms with van der Waals surface area (Å²) in [5.41, 5.74) is -2.15. The Morgan fingerprint density at radius 1 is 1.20 bits per heavy atom. The monoisotopic (exact) mass is 290 g/mol. The lowest BCUT2D eigenvalue weighted by molar-refractivity contribution is -0.199. The van der Waals surface area contributed by atoms with Gasteiger partial charge in [0.2, 0.25) is 0 Å². The zero-order valence-electron chi connectivity index (χ0n) is 10.9. The highest BCUT2D eigenvalue weighted by molar-refractivity contribution is 5.89. The molecule has 0 radical (unpaired) electrons. The molecule has 0 aromatic rings. The second-order valence-corrected chi connectivity index (χ2v) is 6.54. The molecule has 1 N–H and O–H groups in total. The van der Waals surface area contributed by atoms with Crippen LogP contribution in [0.2, 0.25) is 0 Å². The number of hydrogen-bond acceptors (Lipinski definition) is 3. The Hall–Kier alpha value is -1.04.